The number of halogens is 1. The fourth-order valence-electron chi connectivity index (χ4n) is 2.80. The quantitative estimate of drug-likeness (QED) is 0.368. The van der Waals surface area contributed by atoms with Gasteiger partial charge in [0.25, 0.3) is 5.89 Å². The zero-order valence-corrected chi connectivity index (χ0v) is 17.4. The fraction of sp³-hybridized carbons (Fsp3) is 0.182. The molecule has 7 nitrogen and oxygen atoms in total. The topological polar surface area (TPSA) is 87.3 Å². The molecule has 0 aliphatic heterocycles. The first-order chi connectivity index (χ1) is 15.1. The van der Waals surface area contributed by atoms with Crippen molar-refractivity contribution in [1.29, 1.82) is 0 Å². The second-order valence-corrected chi connectivity index (χ2v) is 7.29. The third-order valence-electron chi connectivity index (χ3n) is 4.22. The van der Waals surface area contributed by atoms with Gasteiger partial charge in [-0.05, 0) is 43.3 Å². The highest BCUT2D eigenvalue weighted by molar-refractivity contribution is 7.13. The van der Waals surface area contributed by atoms with Crippen molar-refractivity contribution >= 4 is 17.3 Å². The Bertz CT molecular complexity index is 1170. The molecule has 0 fully saturated rings. The zero-order chi connectivity index (χ0) is 21.6. The van der Waals surface area contributed by atoms with Gasteiger partial charge < -0.3 is 14.0 Å². The van der Waals surface area contributed by atoms with E-state index in [1.807, 2.05) is 36.6 Å². The molecule has 0 saturated heterocycles. The molecule has 0 aliphatic rings. The molecule has 0 atom stereocenters. The highest BCUT2D eigenvalue weighted by Gasteiger charge is 2.15. The normalized spacial score (nSPS) is 10.8. The molecule has 4 rings (SSSR count). The maximum atomic E-state index is 13.0. The van der Waals surface area contributed by atoms with Crippen molar-refractivity contribution in [3.63, 3.8) is 0 Å². The maximum Gasteiger partial charge on any atom is 0.312 e. The zero-order valence-electron chi connectivity index (χ0n) is 16.6. The Morgan fingerprint density at radius 3 is 2.74 bits per heavy atom. The van der Waals surface area contributed by atoms with Gasteiger partial charge in [-0.1, -0.05) is 17.3 Å². The van der Waals surface area contributed by atoms with E-state index in [0.717, 1.165) is 16.3 Å². The van der Waals surface area contributed by atoms with E-state index in [2.05, 4.69) is 15.1 Å². The number of para-hydroxylation sites is 1. The van der Waals surface area contributed by atoms with Gasteiger partial charge in [0.2, 0.25) is 5.82 Å². The lowest BCUT2D eigenvalue weighted by atomic mass is 10.2. The van der Waals surface area contributed by atoms with Crippen LogP contribution in [0.25, 0.3) is 22.0 Å². The summed E-state index contributed by atoms with van der Waals surface area (Å²) in [7, 11) is 0. The lowest BCUT2D eigenvalue weighted by molar-refractivity contribution is -0.144. The van der Waals surface area contributed by atoms with E-state index in [0.29, 0.717) is 17.9 Å². The molecule has 2 aromatic heterocycles. The predicted molar refractivity (Wildman–Crippen MR) is 112 cm³/mol. The van der Waals surface area contributed by atoms with Crippen molar-refractivity contribution < 1.29 is 23.2 Å². The summed E-state index contributed by atoms with van der Waals surface area (Å²) >= 11 is 1.44. The number of esters is 1. The van der Waals surface area contributed by atoms with Crippen LogP contribution in [0.5, 0.6) is 5.75 Å². The summed E-state index contributed by atoms with van der Waals surface area (Å²) in [4.78, 5) is 20.9. The molecule has 31 heavy (non-hydrogen) atoms. The van der Waals surface area contributed by atoms with Crippen molar-refractivity contribution in [2.75, 3.05) is 6.61 Å². The van der Waals surface area contributed by atoms with Gasteiger partial charge in [0, 0.05) is 10.9 Å². The molecule has 0 amide bonds. The number of aromatic nitrogens is 3. The number of hydrogen-bond donors (Lipinski definition) is 0. The first-order valence-electron chi connectivity index (χ1n) is 9.53. The average molecular weight is 439 g/mol. The van der Waals surface area contributed by atoms with Gasteiger partial charge in [0.1, 0.15) is 16.6 Å². The Morgan fingerprint density at radius 1 is 1.13 bits per heavy atom. The molecule has 9 heteroatoms. The van der Waals surface area contributed by atoms with Gasteiger partial charge in [0.05, 0.1) is 24.3 Å². The van der Waals surface area contributed by atoms with Crippen LogP contribution in [0.2, 0.25) is 0 Å². The highest BCUT2D eigenvalue weighted by atomic mass is 32.1. The van der Waals surface area contributed by atoms with Crippen LogP contribution < -0.4 is 4.74 Å². The van der Waals surface area contributed by atoms with Crippen molar-refractivity contribution in [2.45, 2.75) is 20.0 Å². The molecular weight excluding hydrogens is 421 g/mol. The maximum absolute atomic E-state index is 13.0. The van der Waals surface area contributed by atoms with Gasteiger partial charge in [0.15, 0.2) is 6.61 Å². The van der Waals surface area contributed by atoms with Gasteiger partial charge in [-0.15, -0.1) is 11.3 Å². The van der Waals surface area contributed by atoms with Crippen molar-refractivity contribution in [1.82, 2.24) is 15.1 Å². The van der Waals surface area contributed by atoms with Crippen LogP contribution in [0.1, 0.15) is 18.4 Å². The van der Waals surface area contributed by atoms with Gasteiger partial charge in [-0.25, -0.2) is 9.37 Å². The minimum Gasteiger partial charge on any atom is -0.493 e. The Labute approximate surface area is 181 Å². The van der Waals surface area contributed by atoms with E-state index in [1.54, 1.807) is 0 Å². The summed E-state index contributed by atoms with van der Waals surface area (Å²) < 4.78 is 29.0. The summed E-state index contributed by atoms with van der Waals surface area (Å²) in [5, 5.41) is 6.37. The largest absolute Gasteiger partial charge is 0.493 e. The van der Waals surface area contributed by atoms with E-state index in [4.69, 9.17) is 14.0 Å². The lowest BCUT2D eigenvalue weighted by Gasteiger charge is -2.07. The highest BCUT2D eigenvalue weighted by Crippen LogP contribution is 2.32. The molecule has 0 saturated carbocycles. The average Bonchev–Trinajstić information content (AvgIpc) is 3.43. The molecular formula is C22H18FN3O4S. The first kappa shape index (κ1) is 20.7. The van der Waals surface area contributed by atoms with Crippen molar-refractivity contribution in [2.24, 2.45) is 0 Å². The molecule has 0 radical (unpaired) electrons. The van der Waals surface area contributed by atoms with E-state index in [-0.39, 0.29) is 30.6 Å². The third kappa shape index (κ3) is 5.13. The number of nitrogens with zero attached hydrogens (tertiary/aromatic N) is 3. The molecule has 0 N–H and O–H groups in total. The number of thiazole rings is 1. The Balaban J connectivity index is 1.35. The number of carbonyl (C=O) groups excluding carboxylic acids is 1. The minimum atomic E-state index is -0.455. The van der Waals surface area contributed by atoms with Crippen LogP contribution in [-0.4, -0.2) is 27.7 Å². The molecule has 4 aromatic rings. The summed E-state index contributed by atoms with van der Waals surface area (Å²) in [6.07, 6.45) is 0.0238. The first-order valence-corrected chi connectivity index (χ1v) is 10.4. The lowest BCUT2D eigenvalue weighted by Crippen LogP contribution is -2.09. The number of rotatable bonds is 8. The Hall–Kier alpha value is -3.59. The SMILES string of the molecule is CCOc1ccccc1-c1nc(CC(=O)OCc2noc(-c3ccc(F)cc3)n2)cs1. The summed E-state index contributed by atoms with van der Waals surface area (Å²) in [6, 6.07) is 13.3. The smallest absolute Gasteiger partial charge is 0.312 e. The molecule has 2 heterocycles. The summed E-state index contributed by atoms with van der Waals surface area (Å²) in [5.41, 5.74) is 2.07. The summed E-state index contributed by atoms with van der Waals surface area (Å²) in [5.74, 6) is 0.384. The predicted octanol–water partition coefficient (Wildman–Crippen LogP) is 4.68. The third-order valence-corrected chi connectivity index (χ3v) is 5.14. The number of benzene rings is 2. The number of hydrogen-bond acceptors (Lipinski definition) is 8. The van der Waals surface area contributed by atoms with Crippen LogP contribution in [0, 0.1) is 5.82 Å². The molecule has 0 aliphatic carbocycles. The van der Waals surface area contributed by atoms with Crippen LogP contribution in [0.4, 0.5) is 4.39 Å². The molecule has 0 spiro atoms. The monoisotopic (exact) mass is 439 g/mol. The molecule has 2 aromatic carbocycles. The number of ether oxygens (including phenoxy) is 2. The van der Waals surface area contributed by atoms with Gasteiger partial charge >= 0.3 is 5.97 Å². The standard InChI is InChI=1S/C22H18FN3O4S/c1-2-28-18-6-4-3-5-17(18)22-24-16(13-31-22)11-20(27)29-12-19-25-21(30-26-19)14-7-9-15(23)10-8-14/h3-10,13H,2,11-12H2,1H3. The van der Waals surface area contributed by atoms with Crippen molar-refractivity contribution in [3.05, 3.63) is 71.2 Å². The Morgan fingerprint density at radius 2 is 1.94 bits per heavy atom. The van der Waals surface area contributed by atoms with Crippen molar-refractivity contribution in [3.8, 4) is 27.8 Å². The second kappa shape index (κ2) is 9.48. The van der Waals surface area contributed by atoms with Crippen LogP contribution in [-0.2, 0) is 22.6 Å². The fourth-order valence-corrected chi connectivity index (χ4v) is 3.65. The van der Waals surface area contributed by atoms with Crippen LogP contribution in [0.15, 0.2) is 58.4 Å². The van der Waals surface area contributed by atoms with E-state index in [1.165, 1.54) is 35.6 Å². The summed E-state index contributed by atoms with van der Waals surface area (Å²) in [6.45, 7) is 2.35. The molecule has 0 unspecified atom stereocenters. The van der Waals surface area contributed by atoms with E-state index >= 15 is 0 Å². The second-order valence-electron chi connectivity index (χ2n) is 6.43. The van der Waals surface area contributed by atoms with Crippen LogP contribution in [0.3, 0.4) is 0 Å². The van der Waals surface area contributed by atoms with Gasteiger partial charge in [-0.2, -0.15) is 4.98 Å². The minimum absolute atomic E-state index is 0.0238. The van der Waals surface area contributed by atoms with Crippen LogP contribution >= 0.6 is 11.3 Å². The van der Waals surface area contributed by atoms with E-state index in [9.17, 15) is 9.18 Å². The Kier molecular flexibility index (Phi) is 6.32. The molecule has 158 valence electrons. The number of carbonyl (C=O) groups is 1. The van der Waals surface area contributed by atoms with Gasteiger partial charge in [-0.3, -0.25) is 4.79 Å². The molecule has 0 bridgehead atoms. The van der Waals surface area contributed by atoms with E-state index < -0.39 is 5.97 Å².